The van der Waals surface area contributed by atoms with Crippen LogP contribution >= 0.6 is 0 Å². The van der Waals surface area contributed by atoms with Crippen LogP contribution in [0, 0.1) is 11.8 Å². The van der Waals surface area contributed by atoms with Crippen LogP contribution in [0.1, 0.15) is 43.7 Å². The van der Waals surface area contributed by atoms with Gasteiger partial charge < -0.3 is 25.6 Å². The Bertz CT molecular complexity index is 976. The largest absolute Gasteiger partial charge is 0.481 e. The summed E-state index contributed by atoms with van der Waals surface area (Å²) in [7, 11) is 0. The van der Waals surface area contributed by atoms with Crippen LogP contribution < -0.4 is 10.6 Å². The monoisotopic (exact) mass is 468 g/mol. The molecule has 0 saturated heterocycles. The van der Waals surface area contributed by atoms with Crippen molar-refractivity contribution in [2.24, 2.45) is 11.8 Å². The number of rotatable bonds is 11. The summed E-state index contributed by atoms with van der Waals surface area (Å²) in [6, 6.07) is 14.9. The molecule has 0 saturated carbocycles. The predicted octanol–water partition coefficient (Wildman–Crippen LogP) is 3.14. The molecular weight excluding hydrogens is 436 g/mol. The van der Waals surface area contributed by atoms with Crippen molar-refractivity contribution in [1.82, 2.24) is 10.6 Å². The van der Waals surface area contributed by atoms with Crippen molar-refractivity contribution in [2.75, 3.05) is 19.8 Å². The van der Waals surface area contributed by atoms with Crippen LogP contribution in [0.15, 0.2) is 48.5 Å². The third-order valence-corrected chi connectivity index (χ3v) is 6.31. The van der Waals surface area contributed by atoms with E-state index in [2.05, 4.69) is 10.6 Å². The van der Waals surface area contributed by atoms with Gasteiger partial charge in [0.1, 0.15) is 12.6 Å². The third-order valence-electron chi connectivity index (χ3n) is 6.31. The van der Waals surface area contributed by atoms with Crippen molar-refractivity contribution >= 4 is 18.0 Å². The van der Waals surface area contributed by atoms with Crippen molar-refractivity contribution in [2.45, 2.75) is 38.6 Å². The first-order valence-corrected chi connectivity index (χ1v) is 11.5. The first-order chi connectivity index (χ1) is 16.3. The number of carboxylic acids is 1. The summed E-state index contributed by atoms with van der Waals surface area (Å²) in [4.78, 5) is 36.3. The number of aliphatic hydroxyl groups is 1. The van der Waals surface area contributed by atoms with Crippen LogP contribution in [-0.4, -0.2) is 54.0 Å². The molecule has 2 amide bonds. The predicted molar refractivity (Wildman–Crippen MR) is 127 cm³/mol. The molecule has 2 aromatic carbocycles. The van der Waals surface area contributed by atoms with Gasteiger partial charge in [0.15, 0.2) is 0 Å². The van der Waals surface area contributed by atoms with Gasteiger partial charge >= 0.3 is 12.1 Å². The Morgan fingerprint density at radius 2 is 1.59 bits per heavy atom. The molecule has 2 unspecified atom stereocenters. The fraction of sp³-hybridized carbons (Fsp3) is 0.423. The summed E-state index contributed by atoms with van der Waals surface area (Å²) >= 11 is 0. The maximum Gasteiger partial charge on any atom is 0.407 e. The molecule has 0 radical (unpaired) electrons. The molecule has 2 aromatic rings. The van der Waals surface area contributed by atoms with Gasteiger partial charge in [0.2, 0.25) is 5.91 Å². The van der Waals surface area contributed by atoms with E-state index in [4.69, 9.17) is 9.84 Å². The minimum atomic E-state index is -1.07. The Morgan fingerprint density at radius 1 is 1.00 bits per heavy atom. The molecule has 182 valence electrons. The quantitative estimate of drug-likeness (QED) is 0.402. The SMILES string of the molecule is CC(C)C(CO)CNC(=O)C(CCC(=O)O)NC(=O)OCC1c2ccccc2-c2ccccc21. The number of amides is 2. The number of carbonyl (C=O) groups excluding carboxylic acids is 2. The van der Waals surface area contributed by atoms with E-state index < -0.39 is 24.0 Å². The number of nitrogens with one attached hydrogen (secondary N) is 2. The molecule has 0 aliphatic heterocycles. The molecule has 3 rings (SSSR count). The van der Waals surface area contributed by atoms with Crippen molar-refractivity contribution in [3.05, 3.63) is 59.7 Å². The molecule has 0 fully saturated rings. The molecule has 8 heteroatoms. The van der Waals surface area contributed by atoms with E-state index >= 15 is 0 Å². The zero-order valence-electron chi connectivity index (χ0n) is 19.5. The highest BCUT2D eigenvalue weighted by atomic mass is 16.5. The van der Waals surface area contributed by atoms with Gasteiger partial charge in [0.25, 0.3) is 0 Å². The van der Waals surface area contributed by atoms with Crippen LogP contribution in [0.3, 0.4) is 0 Å². The van der Waals surface area contributed by atoms with Gasteiger partial charge in [-0.2, -0.15) is 0 Å². The molecule has 0 bridgehead atoms. The van der Waals surface area contributed by atoms with Gasteiger partial charge in [0, 0.05) is 31.4 Å². The lowest BCUT2D eigenvalue weighted by molar-refractivity contribution is -0.137. The maximum atomic E-state index is 12.7. The number of carboxylic acid groups (broad SMARTS) is 1. The maximum absolute atomic E-state index is 12.7. The van der Waals surface area contributed by atoms with E-state index in [1.54, 1.807) is 0 Å². The van der Waals surface area contributed by atoms with Gasteiger partial charge in [0.05, 0.1) is 0 Å². The second-order valence-electron chi connectivity index (χ2n) is 8.89. The number of alkyl carbamates (subject to hydrolysis) is 1. The first kappa shape index (κ1) is 25.2. The van der Waals surface area contributed by atoms with Gasteiger partial charge in [-0.15, -0.1) is 0 Å². The van der Waals surface area contributed by atoms with E-state index in [0.717, 1.165) is 22.3 Å². The van der Waals surface area contributed by atoms with E-state index in [-0.39, 0.29) is 50.4 Å². The average Bonchev–Trinajstić information content (AvgIpc) is 3.14. The lowest BCUT2D eigenvalue weighted by Crippen LogP contribution is -2.48. The van der Waals surface area contributed by atoms with Crippen LogP contribution in [0.25, 0.3) is 11.1 Å². The van der Waals surface area contributed by atoms with Crippen molar-refractivity contribution in [3.63, 3.8) is 0 Å². The number of aliphatic carboxylic acids is 1. The van der Waals surface area contributed by atoms with Crippen molar-refractivity contribution < 1.29 is 29.3 Å². The highest BCUT2D eigenvalue weighted by Crippen LogP contribution is 2.44. The lowest BCUT2D eigenvalue weighted by atomic mass is 9.96. The minimum absolute atomic E-state index is 0.0726. The summed E-state index contributed by atoms with van der Waals surface area (Å²) in [6.07, 6.45) is -1.14. The molecule has 4 N–H and O–H groups in total. The molecule has 1 aliphatic carbocycles. The Balaban J connectivity index is 1.63. The van der Waals surface area contributed by atoms with Gasteiger partial charge in [-0.3, -0.25) is 9.59 Å². The van der Waals surface area contributed by atoms with Gasteiger partial charge in [-0.25, -0.2) is 4.79 Å². The second-order valence-corrected chi connectivity index (χ2v) is 8.89. The molecule has 8 nitrogen and oxygen atoms in total. The Morgan fingerprint density at radius 3 is 2.12 bits per heavy atom. The number of hydrogen-bond donors (Lipinski definition) is 4. The average molecular weight is 469 g/mol. The smallest absolute Gasteiger partial charge is 0.407 e. The zero-order chi connectivity index (χ0) is 24.7. The number of fused-ring (bicyclic) bond motifs is 3. The normalized spacial score (nSPS) is 14.1. The van der Waals surface area contributed by atoms with Crippen molar-refractivity contribution in [1.29, 1.82) is 0 Å². The van der Waals surface area contributed by atoms with Crippen molar-refractivity contribution in [3.8, 4) is 11.1 Å². The summed E-state index contributed by atoms with van der Waals surface area (Å²) in [6.45, 7) is 4.10. The minimum Gasteiger partial charge on any atom is -0.481 e. The fourth-order valence-electron chi connectivity index (χ4n) is 4.18. The number of hydrogen-bond acceptors (Lipinski definition) is 5. The molecule has 0 spiro atoms. The standard InChI is InChI=1S/C26H32N2O6/c1-16(2)17(14-29)13-27-25(32)23(11-12-24(30)31)28-26(33)34-15-22-20-9-5-3-7-18(20)19-8-4-6-10-21(19)22/h3-10,16-17,22-23,29H,11-15H2,1-2H3,(H,27,32)(H,28,33)(H,30,31). The molecular formula is C26H32N2O6. The summed E-state index contributed by atoms with van der Waals surface area (Å²) in [5, 5.41) is 23.7. The van der Waals surface area contributed by atoms with Crippen LogP contribution in [0.5, 0.6) is 0 Å². The van der Waals surface area contributed by atoms with Gasteiger partial charge in [-0.05, 0) is 34.6 Å². The fourth-order valence-corrected chi connectivity index (χ4v) is 4.18. The second kappa shape index (κ2) is 11.7. The van der Waals surface area contributed by atoms with E-state index in [1.165, 1.54) is 0 Å². The first-order valence-electron chi connectivity index (χ1n) is 11.5. The summed E-state index contributed by atoms with van der Waals surface area (Å²) in [5.74, 6) is -1.69. The Hall–Kier alpha value is -3.39. The van der Waals surface area contributed by atoms with E-state index in [1.807, 2.05) is 62.4 Å². The highest BCUT2D eigenvalue weighted by Gasteiger charge is 2.30. The highest BCUT2D eigenvalue weighted by molar-refractivity contribution is 5.86. The number of benzene rings is 2. The third kappa shape index (κ3) is 6.14. The lowest BCUT2D eigenvalue weighted by Gasteiger charge is -2.22. The van der Waals surface area contributed by atoms with Crippen LogP contribution in [0.4, 0.5) is 4.79 Å². The molecule has 0 heterocycles. The van der Waals surface area contributed by atoms with E-state index in [0.29, 0.717) is 0 Å². The van der Waals surface area contributed by atoms with Crippen LogP contribution in [-0.2, 0) is 14.3 Å². The Kier molecular flexibility index (Phi) is 8.65. The number of ether oxygens (including phenoxy) is 1. The van der Waals surface area contributed by atoms with Crippen LogP contribution in [0.2, 0.25) is 0 Å². The molecule has 2 atom stereocenters. The zero-order valence-corrected chi connectivity index (χ0v) is 19.5. The van der Waals surface area contributed by atoms with Gasteiger partial charge in [-0.1, -0.05) is 62.4 Å². The van der Waals surface area contributed by atoms with E-state index in [9.17, 15) is 19.5 Å². The molecule has 34 heavy (non-hydrogen) atoms. The number of aliphatic hydroxyl groups excluding tert-OH is 1. The Labute approximate surface area is 199 Å². The molecule has 1 aliphatic rings. The number of carbonyl (C=O) groups is 3. The molecule has 0 aromatic heterocycles. The summed E-state index contributed by atoms with van der Waals surface area (Å²) < 4.78 is 5.49. The topological polar surface area (TPSA) is 125 Å². The summed E-state index contributed by atoms with van der Waals surface area (Å²) in [5.41, 5.74) is 4.35.